The number of halogens is 2. The van der Waals surface area contributed by atoms with E-state index in [9.17, 15) is 0 Å². The maximum Gasteiger partial charge on any atom is -0.147 e. The van der Waals surface area contributed by atoms with Crippen molar-refractivity contribution < 1.29 is 20.8 Å². The maximum absolute atomic E-state index is 6.99. The molecule has 0 radical (unpaired) electrons. The predicted octanol–water partition coefficient (Wildman–Crippen LogP) is 8.28. The molecule has 0 spiro atoms. The minimum absolute atomic E-state index is 0. The van der Waals surface area contributed by atoms with E-state index >= 15 is 0 Å². The zero-order valence-electron chi connectivity index (χ0n) is 20.9. The molecule has 0 aliphatic heterocycles. The smallest absolute Gasteiger partial charge is 0.147 e. The molecule has 1 aliphatic rings. The summed E-state index contributed by atoms with van der Waals surface area (Å²) in [4.78, 5) is 0. The van der Waals surface area contributed by atoms with Crippen molar-refractivity contribution in [3.63, 3.8) is 0 Å². The van der Waals surface area contributed by atoms with E-state index in [1.807, 2.05) is 0 Å². The molecule has 0 amide bonds. The van der Waals surface area contributed by atoms with Gasteiger partial charge in [0.15, 0.2) is 0 Å². The summed E-state index contributed by atoms with van der Waals surface area (Å²) in [6.07, 6.45) is 5.84. The first-order valence-electron chi connectivity index (χ1n) is 10.7. The van der Waals surface area contributed by atoms with Crippen LogP contribution >= 0.6 is 24.8 Å². The van der Waals surface area contributed by atoms with Crippen LogP contribution in [-0.2, 0) is 28.3 Å². The van der Waals surface area contributed by atoms with Crippen LogP contribution in [0.4, 0.5) is 0 Å². The molecule has 2 rings (SSSR count). The van der Waals surface area contributed by atoms with Crippen molar-refractivity contribution in [3.05, 3.63) is 50.9 Å². The van der Waals surface area contributed by atoms with Gasteiger partial charge in [0.1, 0.15) is 0 Å². The number of benzene rings is 1. The third-order valence-electron chi connectivity index (χ3n) is 5.43. The molecule has 0 heterocycles. The SMILES string of the molecule is C[SiH](C)[Ti]([O]c1cc(C(C)(C)C)cc(C(C)(C)C)c1)[C]1=C(C(C)(C)C)C=CC1.Cl.Cl. The van der Waals surface area contributed by atoms with Gasteiger partial charge in [-0.05, 0) is 0 Å². The minimum Gasteiger partial charge on any atom is -0.147 e. The Balaban J connectivity index is 0.00000420. The van der Waals surface area contributed by atoms with Gasteiger partial charge in [-0.1, -0.05) is 0 Å². The topological polar surface area (TPSA) is 9.23 Å². The Morgan fingerprint density at radius 1 is 0.767 bits per heavy atom. The van der Waals surface area contributed by atoms with E-state index in [1.54, 1.807) is 9.45 Å². The van der Waals surface area contributed by atoms with E-state index in [2.05, 4.69) is 106 Å². The summed E-state index contributed by atoms with van der Waals surface area (Å²) >= 11 is -1.77. The minimum atomic E-state index is -1.77. The average molecular weight is 506 g/mol. The standard InChI is InChI=1S/C14H22O.C9H13.C2H7Si.2ClH.Ti/c1-13(2,3)10-7-11(14(4,5)6)9-12(15)8-10;1-9(2,3)8-6-4-5-7-8;1-3-2;;;/h7-9,15H,1-6H3;4,6H,5H2,1-3H3;3H,1-2H3;2*1H;/q;;;;;+1/p-1. The molecule has 1 aliphatic carbocycles. The molecule has 1 aromatic rings. The summed E-state index contributed by atoms with van der Waals surface area (Å²) in [6.45, 7) is 24.9. The molecular formula is C25H43Cl2OSiTi. The molecule has 1 aromatic carbocycles. The van der Waals surface area contributed by atoms with E-state index in [1.165, 1.54) is 11.1 Å². The van der Waals surface area contributed by atoms with Crippen molar-refractivity contribution in [2.45, 2.75) is 92.7 Å². The fourth-order valence-corrected chi connectivity index (χ4v) is 13.0. The molecule has 0 bridgehead atoms. The molecule has 1 nitrogen and oxygen atoms in total. The Kier molecular flexibility index (Phi) is 10.8. The summed E-state index contributed by atoms with van der Waals surface area (Å²) in [5, 5.41) is 0. The zero-order chi connectivity index (χ0) is 21.5. The van der Waals surface area contributed by atoms with Gasteiger partial charge in [-0.2, -0.15) is 0 Å². The summed E-state index contributed by atoms with van der Waals surface area (Å²) in [6, 6.07) is 7.02. The molecule has 171 valence electrons. The first-order valence-corrected chi connectivity index (χ1v) is 17.7. The van der Waals surface area contributed by atoms with Crippen LogP contribution in [0, 0.1) is 5.41 Å². The van der Waals surface area contributed by atoms with Crippen molar-refractivity contribution in [3.8, 4) is 5.75 Å². The molecule has 0 saturated carbocycles. The van der Waals surface area contributed by atoms with Crippen molar-refractivity contribution in [2.75, 3.05) is 0 Å². The van der Waals surface area contributed by atoms with Crippen LogP contribution in [0.25, 0.3) is 0 Å². The molecule has 0 saturated heterocycles. The number of rotatable bonds is 4. The van der Waals surface area contributed by atoms with E-state index in [4.69, 9.17) is 3.32 Å². The summed E-state index contributed by atoms with van der Waals surface area (Å²) in [5.74, 6) is 1.11. The van der Waals surface area contributed by atoms with Gasteiger partial charge >= 0.3 is 182 Å². The van der Waals surface area contributed by atoms with Crippen LogP contribution in [0.2, 0.25) is 13.1 Å². The summed E-state index contributed by atoms with van der Waals surface area (Å²) in [5.41, 5.74) is 4.77. The Bertz CT molecular complexity index is 746. The molecule has 30 heavy (non-hydrogen) atoms. The Labute approximate surface area is 206 Å². The third-order valence-corrected chi connectivity index (χ3v) is 15.7. The number of allylic oxidation sites excluding steroid dienone is 4. The fraction of sp³-hybridized carbons (Fsp3) is 0.600. The Morgan fingerprint density at radius 3 is 1.60 bits per heavy atom. The van der Waals surface area contributed by atoms with Crippen LogP contribution in [0.1, 0.15) is 79.9 Å². The van der Waals surface area contributed by atoms with Gasteiger partial charge in [0, 0.05) is 0 Å². The van der Waals surface area contributed by atoms with Crippen molar-refractivity contribution in [1.29, 1.82) is 0 Å². The Morgan fingerprint density at radius 2 is 1.23 bits per heavy atom. The molecular weight excluding hydrogens is 463 g/mol. The molecule has 0 atom stereocenters. The zero-order valence-corrected chi connectivity index (χ0v) is 25.2. The van der Waals surface area contributed by atoms with Gasteiger partial charge in [0.2, 0.25) is 0 Å². The monoisotopic (exact) mass is 505 g/mol. The van der Waals surface area contributed by atoms with Crippen LogP contribution in [-0.4, -0.2) is 6.66 Å². The largest absolute Gasteiger partial charge is 0.147 e. The van der Waals surface area contributed by atoms with E-state index < -0.39 is 24.2 Å². The van der Waals surface area contributed by atoms with E-state index in [-0.39, 0.29) is 41.1 Å². The van der Waals surface area contributed by atoms with Gasteiger partial charge < -0.3 is 0 Å². The Hall–Kier alpha value is 0.0112. The fourth-order valence-electron chi connectivity index (χ4n) is 3.62. The second-order valence-corrected chi connectivity index (χ2v) is 23.9. The van der Waals surface area contributed by atoms with Gasteiger partial charge in [-0.25, -0.2) is 0 Å². The molecule has 0 N–H and O–H groups in total. The van der Waals surface area contributed by atoms with Gasteiger partial charge in [0.25, 0.3) is 0 Å². The van der Waals surface area contributed by atoms with Crippen molar-refractivity contribution >= 4 is 31.5 Å². The van der Waals surface area contributed by atoms with E-state index in [0.717, 1.165) is 12.2 Å². The first kappa shape index (κ1) is 30.0. The van der Waals surface area contributed by atoms with Gasteiger partial charge in [0.05, 0.1) is 0 Å². The van der Waals surface area contributed by atoms with Crippen LogP contribution < -0.4 is 3.32 Å². The van der Waals surface area contributed by atoms with Gasteiger partial charge in [-0.3, -0.25) is 0 Å². The molecule has 0 fully saturated rings. The molecule has 5 heteroatoms. The van der Waals surface area contributed by atoms with Crippen molar-refractivity contribution in [2.24, 2.45) is 5.41 Å². The maximum atomic E-state index is 6.99. The quantitative estimate of drug-likeness (QED) is 0.374. The second-order valence-electron chi connectivity index (χ2n) is 11.6. The summed E-state index contributed by atoms with van der Waals surface area (Å²) in [7, 11) is 0. The molecule has 0 unspecified atom stereocenters. The van der Waals surface area contributed by atoms with Crippen LogP contribution in [0.5, 0.6) is 5.75 Å². The molecule has 0 aromatic heterocycles. The van der Waals surface area contributed by atoms with Crippen LogP contribution in [0.3, 0.4) is 0 Å². The second kappa shape index (κ2) is 10.8. The van der Waals surface area contributed by atoms with E-state index in [0.29, 0.717) is 0 Å². The number of hydrogen-bond donors (Lipinski definition) is 0. The first-order chi connectivity index (χ1) is 12.6. The van der Waals surface area contributed by atoms with Crippen LogP contribution in [0.15, 0.2) is 39.8 Å². The third kappa shape index (κ3) is 7.55. The average Bonchev–Trinajstić information content (AvgIpc) is 2.99. The normalized spacial score (nSPS) is 14.5. The van der Waals surface area contributed by atoms with Crippen molar-refractivity contribution in [1.82, 2.24) is 0 Å². The number of hydrogen-bond acceptors (Lipinski definition) is 1. The predicted molar refractivity (Wildman–Crippen MR) is 138 cm³/mol. The summed E-state index contributed by atoms with van der Waals surface area (Å²) < 4.78 is 8.66. The van der Waals surface area contributed by atoms with Gasteiger partial charge in [-0.15, -0.1) is 24.8 Å².